The molecule has 1 aliphatic rings. The number of piperidine rings is 1. The van der Waals surface area contributed by atoms with Crippen LogP contribution in [0.2, 0.25) is 0 Å². The molecule has 2 N–H and O–H groups in total. The molecule has 0 unspecified atom stereocenters. The van der Waals surface area contributed by atoms with Gasteiger partial charge in [0.15, 0.2) is 5.75 Å². The van der Waals surface area contributed by atoms with Crippen molar-refractivity contribution in [3.8, 4) is 5.75 Å². The molecule has 1 aromatic heterocycles. The highest BCUT2D eigenvalue weighted by Crippen LogP contribution is 2.31. The van der Waals surface area contributed by atoms with Gasteiger partial charge in [0.25, 0.3) is 5.91 Å². The second-order valence-corrected chi connectivity index (χ2v) is 8.12. The zero-order valence-corrected chi connectivity index (χ0v) is 18.5. The number of hydrogen-bond donors (Lipinski definition) is 2. The number of likely N-dealkylation sites (tertiary alicyclic amines) is 1. The number of hydrogen-bond acceptors (Lipinski definition) is 7. The fourth-order valence-corrected chi connectivity index (χ4v) is 4.03. The highest BCUT2D eigenvalue weighted by atomic mass is 16.6. The van der Waals surface area contributed by atoms with Crippen LogP contribution in [0.15, 0.2) is 30.3 Å². The summed E-state index contributed by atoms with van der Waals surface area (Å²) < 4.78 is 5.03. The Bertz CT molecular complexity index is 957. The Morgan fingerprint density at radius 3 is 2.75 bits per heavy atom. The summed E-state index contributed by atoms with van der Waals surface area (Å²) in [6.45, 7) is 5.24. The molecule has 2 heterocycles. The van der Waals surface area contributed by atoms with Gasteiger partial charge in [-0.05, 0) is 63.0 Å². The third kappa shape index (κ3) is 6.02. The number of nitrogens with zero attached hydrogens (tertiary/aromatic N) is 3. The van der Waals surface area contributed by atoms with Gasteiger partial charge in [-0.1, -0.05) is 6.07 Å². The minimum atomic E-state index is -0.573. The van der Waals surface area contributed by atoms with Crippen LogP contribution in [0, 0.1) is 17.0 Å². The van der Waals surface area contributed by atoms with Crippen LogP contribution in [0.4, 0.5) is 5.69 Å². The summed E-state index contributed by atoms with van der Waals surface area (Å²) in [5, 5.41) is 23.7. The molecule has 1 aromatic carbocycles. The van der Waals surface area contributed by atoms with Gasteiger partial charge in [-0.2, -0.15) is 0 Å². The van der Waals surface area contributed by atoms with Crippen molar-refractivity contribution in [2.45, 2.75) is 38.6 Å². The van der Waals surface area contributed by atoms with Crippen molar-refractivity contribution >= 4 is 11.6 Å². The molecule has 3 rings (SSSR count). The van der Waals surface area contributed by atoms with E-state index >= 15 is 0 Å². The Morgan fingerprint density at radius 1 is 1.31 bits per heavy atom. The van der Waals surface area contributed by atoms with Crippen molar-refractivity contribution in [2.75, 3.05) is 33.4 Å². The fourth-order valence-electron chi connectivity index (χ4n) is 4.03. The SMILES string of the molecule is COCCCNC(=O)c1ccc(C)nc1C1CCN(Cc2ccc(O)c([N+](=O)[O-])c2)CC1. The van der Waals surface area contributed by atoms with Crippen LogP contribution in [0.25, 0.3) is 0 Å². The predicted octanol–water partition coefficient (Wildman–Crippen LogP) is 3.15. The number of nitro benzene ring substituents is 1. The number of aromatic hydroxyl groups is 1. The maximum atomic E-state index is 12.7. The standard InChI is InChI=1S/C23H30N4O5/c1-16-4-6-19(23(29)24-10-3-13-32-2)22(25-16)18-8-11-26(12-9-18)15-17-5-7-21(28)20(14-17)27(30)31/h4-7,14,18,28H,3,8-13,15H2,1-2H3,(H,24,29). The molecule has 0 spiro atoms. The van der Waals surface area contributed by atoms with E-state index in [2.05, 4.69) is 10.2 Å². The van der Waals surface area contributed by atoms with Crippen molar-refractivity contribution in [1.82, 2.24) is 15.2 Å². The molecule has 1 saturated heterocycles. The average molecular weight is 443 g/mol. The molecule has 1 amide bonds. The number of nitrogens with one attached hydrogen (secondary N) is 1. The number of ether oxygens (including phenoxy) is 1. The van der Waals surface area contributed by atoms with Gasteiger partial charge in [0.05, 0.1) is 16.2 Å². The van der Waals surface area contributed by atoms with Crippen LogP contribution in [0.5, 0.6) is 5.75 Å². The molecule has 9 nitrogen and oxygen atoms in total. The first-order valence-corrected chi connectivity index (χ1v) is 10.8. The van der Waals surface area contributed by atoms with E-state index in [-0.39, 0.29) is 23.3 Å². The summed E-state index contributed by atoms with van der Waals surface area (Å²) in [6, 6.07) is 8.22. The van der Waals surface area contributed by atoms with Crippen LogP contribution in [-0.4, -0.2) is 59.2 Å². The number of carbonyl (C=O) groups excluding carboxylic acids is 1. The Labute approximate surface area is 187 Å². The number of nitro groups is 1. The molecule has 0 bridgehead atoms. The molecule has 9 heteroatoms. The number of benzene rings is 1. The molecule has 0 saturated carbocycles. The lowest BCUT2D eigenvalue weighted by Crippen LogP contribution is -2.34. The first-order valence-electron chi connectivity index (χ1n) is 10.8. The van der Waals surface area contributed by atoms with E-state index in [1.807, 2.05) is 19.1 Å². The number of carbonyl (C=O) groups is 1. The zero-order valence-electron chi connectivity index (χ0n) is 18.5. The quantitative estimate of drug-likeness (QED) is 0.348. The molecule has 1 fully saturated rings. The molecule has 32 heavy (non-hydrogen) atoms. The summed E-state index contributed by atoms with van der Waals surface area (Å²) in [5.41, 5.74) is 2.87. The van der Waals surface area contributed by atoms with E-state index in [9.17, 15) is 20.0 Å². The Morgan fingerprint density at radius 2 is 2.06 bits per heavy atom. The monoisotopic (exact) mass is 442 g/mol. The van der Waals surface area contributed by atoms with Crippen LogP contribution in [0.3, 0.4) is 0 Å². The molecular formula is C23H30N4O5. The van der Waals surface area contributed by atoms with Crippen molar-refractivity contribution in [3.63, 3.8) is 0 Å². The summed E-state index contributed by atoms with van der Waals surface area (Å²) in [4.78, 5) is 30.2. The number of aryl methyl sites for hydroxylation is 1. The van der Waals surface area contributed by atoms with Gasteiger partial charge >= 0.3 is 5.69 Å². The Kier molecular flexibility index (Phi) is 8.13. The zero-order chi connectivity index (χ0) is 23.1. The number of rotatable bonds is 9. The van der Waals surface area contributed by atoms with Crippen LogP contribution >= 0.6 is 0 Å². The average Bonchev–Trinajstić information content (AvgIpc) is 2.78. The molecule has 0 aliphatic carbocycles. The number of methoxy groups -OCH3 is 1. The third-order valence-corrected chi connectivity index (χ3v) is 5.74. The first-order chi connectivity index (χ1) is 15.4. The van der Waals surface area contributed by atoms with E-state index in [4.69, 9.17) is 9.72 Å². The van der Waals surface area contributed by atoms with Crippen molar-refractivity contribution in [1.29, 1.82) is 0 Å². The van der Waals surface area contributed by atoms with Crippen molar-refractivity contribution in [3.05, 3.63) is 63.0 Å². The van der Waals surface area contributed by atoms with Crippen LogP contribution in [0.1, 0.15) is 52.5 Å². The van der Waals surface area contributed by atoms with Gasteiger partial charge < -0.3 is 15.2 Å². The molecule has 1 aliphatic heterocycles. The van der Waals surface area contributed by atoms with Crippen molar-refractivity contribution < 1.29 is 19.6 Å². The maximum Gasteiger partial charge on any atom is 0.311 e. The van der Waals surface area contributed by atoms with Gasteiger partial charge in [-0.25, -0.2) is 0 Å². The summed E-state index contributed by atoms with van der Waals surface area (Å²) in [7, 11) is 1.64. The summed E-state index contributed by atoms with van der Waals surface area (Å²) in [6.07, 6.45) is 2.45. The lowest BCUT2D eigenvalue weighted by atomic mass is 9.89. The molecular weight excluding hydrogens is 412 g/mol. The number of phenolic OH excluding ortho intramolecular Hbond substituents is 1. The number of aromatic nitrogens is 1. The largest absolute Gasteiger partial charge is 0.502 e. The molecule has 0 radical (unpaired) electrons. The normalized spacial score (nSPS) is 14.9. The Balaban J connectivity index is 1.63. The van der Waals surface area contributed by atoms with E-state index in [0.717, 1.165) is 49.3 Å². The maximum absolute atomic E-state index is 12.7. The molecule has 0 atom stereocenters. The van der Waals surface area contributed by atoms with Crippen molar-refractivity contribution in [2.24, 2.45) is 0 Å². The lowest BCUT2D eigenvalue weighted by Gasteiger charge is -2.32. The number of phenols is 1. The van der Waals surface area contributed by atoms with Crippen LogP contribution in [-0.2, 0) is 11.3 Å². The summed E-state index contributed by atoms with van der Waals surface area (Å²) in [5.74, 6) is -0.251. The lowest BCUT2D eigenvalue weighted by molar-refractivity contribution is -0.385. The van der Waals surface area contributed by atoms with E-state index < -0.39 is 4.92 Å². The smallest absolute Gasteiger partial charge is 0.311 e. The van der Waals surface area contributed by atoms with E-state index in [0.29, 0.717) is 25.3 Å². The minimum Gasteiger partial charge on any atom is -0.502 e. The summed E-state index contributed by atoms with van der Waals surface area (Å²) >= 11 is 0. The topological polar surface area (TPSA) is 118 Å². The second-order valence-electron chi connectivity index (χ2n) is 8.12. The molecule has 172 valence electrons. The van der Waals surface area contributed by atoms with Crippen LogP contribution < -0.4 is 5.32 Å². The highest BCUT2D eigenvalue weighted by molar-refractivity contribution is 5.95. The third-order valence-electron chi connectivity index (χ3n) is 5.74. The van der Waals surface area contributed by atoms with Gasteiger partial charge in [0, 0.05) is 44.5 Å². The minimum absolute atomic E-state index is 0.109. The highest BCUT2D eigenvalue weighted by Gasteiger charge is 2.26. The predicted molar refractivity (Wildman–Crippen MR) is 120 cm³/mol. The first kappa shape index (κ1) is 23.6. The van der Waals surface area contributed by atoms with E-state index in [1.54, 1.807) is 13.2 Å². The number of amides is 1. The molecule has 2 aromatic rings. The Hall–Kier alpha value is -3.04. The van der Waals surface area contributed by atoms with Gasteiger partial charge in [0.1, 0.15) is 0 Å². The van der Waals surface area contributed by atoms with E-state index in [1.165, 1.54) is 12.1 Å². The second kappa shape index (κ2) is 11.0. The number of pyridine rings is 1. The van der Waals surface area contributed by atoms with Gasteiger partial charge in [0.2, 0.25) is 0 Å². The van der Waals surface area contributed by atoms with Gasteiger partial charge in [-0.15, -0.1) is 0 Å². The fraction of sp³-hybridized carbons (Fsp3) is 0.478. The van der Waals surface area contributed by atoms with Gasteiger partial charge in [-0.3, -0.25) is 24.8 Å².